The number of oxime groups is 1. The molecule has 2 fully saturated rings. The van der Waals surface area contributed by atoms with Gasteiger partial charge in [0, 0.05) is 32.7 Å². The molecule has 0 saturated carbocycles. The van der Waals surface area contributed by atoms with Crippen LogP contribution in [0.1, 0.15) is 45.6 Å². The average Bonchev–Trinajstić information content (AvgIpc) is 3.30. The van der Waals surface area contributed by atoms with Crippen LogP contribution in [-0.4, -0.2) is 71.7 Å². The fourth-order valence-corrected chi connectivity index (χ4v) is 5.65. The number of piperidine rings is 1. The molecule has 0 amide bonds. The molecule has 9 heteroatoms. The van der Waals surface area contributed by atoms with Crippen LogP contribution in [0.3, 0.4) is 0 Å². The van der Waals surface area contributed by atoms with Crippen LogP contribution >= 0.6 is 0 Å². The lowest BCUT2D eigenvalue weighted by molar-refractivity contribution is -0.150. The van der Waals surface area contributed by atoms with E-state index in [4.69, 9.17) is 14.3 Å². The lowest BCUT2D eigenvalue weighted by Crippen LogP contribution is -2.61. The minimum atomic E-state index is -0.725. The van der Waals surface area contributed by atoms with Crippen molar-refractivity contribution in [2.45, 2.75) is 52.2 Å². The zero-order chi connectivity index (χ0) is 26.9. The van der Waals surface area contributed by atoms with E-state index in [-0.39, 0.29) is 11.4 Å². The highest BCUT2D eigenvalue weighted by Gasteiger charge is 2.51. The molecule has 0 radical (unpaired) electrons. The molecule has 1 spiro atoms. The smallest absolute Gasteiger partial charge is 0.309 e. The third-order valence-electron chi connectivity index (χ3n) is 7.84. The molecule has 2 aromatic rings. The normalized spacial score (nSPS) is 20.0. The Morgan fingerprint density at radius 1 is 1.11 bits per heavy atom. The molecule has 0 unspecified atom stereocenters. The standard InChI is InChI=1S/C29H36FN3O5/c1-4-36-23-13-20(14-24(37-5-2)26(23)21-7-6-8-22(30)15-21)17-32-18-29(19-32)16-25(31-38-29)33-11-9-28(3,10-12-33)27(34)35/h6-8,13-15H,4-5,9-12,16-19H2,1-3H3,(H,34,35). The van der Waals surface area contributed by atoms with E-state index >= 15 is 0 Å². The Morgan fingerprint density at radius 3 is 2.34 bits per heavy atom. The quantitative estimate of drug-likeness (QED) is 0.532. The number of nitrogens with zero attached hydrogens (tertiary/aromatic N) is 3. The molecular weight excluding hydrogens is 489 g/mol. The van der Waals surface area contributed by atoms with E-state index in [1.165, 1.54) is 12.1 Å². The lowest BCUT2D eigenvalue weighted by Gasteiger charge is -2.45. The minimum Gasteiger partial charge on any atom is -0.493 e. The fraction of sp³-hybridized carbons (Fsp3) is 0.517. The Labute approximate surface area is 223 Å². The van der Waals surface area contributed by atoms with E-state index in [0.717, 1.165) is 42.0 Å². The maximum Gasteiger partial charge on any atom is 0.309 e. The van der Waals surface area contributed by atoms with Gasteiger partial charge >= 0.3 is 5.97 Å². The van der Waals surface area contributed by atoms with Gasteiger partial charge in [-0.15, -0.1) is 0 Å². The monoisotopic (exact) mass is 525 g/mol. The molecule has 3 heterocycles. The third-order valence-corrected chi connectivity index (χ3v) is 7.84. The molecule has 2 saturated heterocycles. The summed E-state index contributed by atoms with van der Waals surface area (Å²) in [7, 11) is 0. The molecule has 5 rings (SSSR count). The summed E-state index contributed by atoms with van der Waals surface area (Å²) in [6, 6.07) is 10.5. The Hall–Kier alpha value is -3.33. The summed E-state index contributed by atoms with van der Waals surface area (Å²) in [5.41, 5.74) is 1.55. The van der Waals surface area contributed by atoms with Gasteiger partial charge < -0.3 is 24.3 Å². The van der Waals surface area contributed by atoms with Crippen molar-refractivity contribution in [3.8, 4) is 22.6 Å². The number of amidine groups is 1. The fourth-order valence-electron chi connectivity index (χ4n) is 5.65. The number of rotatable bonds is 8. The molecular formula is C29H36FN3O5. The van der Waals surface area contributed by atoms with Crippen molar-refractivity contribution in [2.24, 2.45) is 10.6 Å². The zero-order valence-electron chi connectivity index (χ0n) is 22.3. The maximum absolute atomic E-state index is 14.0. The highest BCUT2D eigenvalue weighted by molar-refractivity contribution is 5.85. The number of hydrogen-bond acceptors (Lipinski definition) is 7. The third kappa shape index (κ3) is 5.16. The first-order valence-corrected chi connectivity index (χ1v) is 13.4. The van der Waals surface area contributed by atoms with Gasteiger partial charge in [-0.1, -0.05) is 17.3 Å². The number of carbonyl (C=O) groups is 1. The number of likely N-dealkylation sites (tertiary alicyclic amines) is 2. The molecule has 3 aliphatic heterocycles. The van der Waals surface area contributed by atoms with Gasteiger partial charge in [0.25, 0.3) is 0 Å². The van der Waals surface area contributed by atoms with Gasteiger partial charge in [-0.25, -0.2) is 4.39 Å². The van der Waals surface area contributed by atoms with E-state index in [9.17, 15) is 14.3 Å². The van der Waals surface area contributed by atoms with Crippen molar-refractivity contribution >= 4 is 11.8 Å². The summed E-state index contributed by atoms with van der Waals surface area (Å²) in [4.78, 5) is 22.0. The maximum atomic E-state index is 14.0. The molecule has 0 aromatic heterocycles. The molecule has 2 aromatic carbocycles. The molecule has 38 heavy (non-hydrogen) atoms. The molecule has 1 N–H and O–H groups in total. The highest BCUT2D eigenvalue weighted by atomic mass is 19.1. The van der Waals surface area contributed by atoms with Gasteiger partial charge in [-0.2, -0.15) is 0 Å². The largest absolute Gasteiger partial charge is 0.493 e. The van der Waals surface area contributed by atoms with Crippen LogP contribution in [0.15, 0.2) is 41.6 Å². The Morgan fingerprint density at radius 2 is 1.76 bits per heavy atom. The highest BCUT2D eigenvalue weighted by Crippen LogP contribution is 2.42. The number of halogens is 1. The van der Waals surface area contributed by atoms with E-state index in [1.54, 1.807) is 6.07 Å². The minimum absolute atomic E-state index is 0.305. The second kappa shape index (κ2) is 10.4. The predicted molar refractivity (Wildman–Crippen MR) is 142 cm³/mol. The Balaban J connectivity index is 1.24. The molecule has 0 aliphatic carbocycles. The first-order chi connectivity index (χ1) is 18.2. The van der Waals surface area contributed by atoms with Crippen LogP contribution < -0.4 is 9.47 Å². The van der Waals surface area contributed by atoms with Gasteiger partial charge in [0.15, 0.2) is 5.60 Å². The first-order valence-electron chi connectivity index (χ1n) is 13.4. The topological polar surface area (TPSA) is 83.8 Å². The van der Waals surface area contributed by atoms with Gasteiger partial charge in [0.2, 0.25) is 0 Å². The van der Waals surface area contributed by atoms with Crippen LogP contribution in [0.2, 0.25) is 0 Å². The summed E-state index contributed by atoms with van der Waals surface area (Å²) in [6.07, 6.45) is 1.95. The summed E-state index contributed by atoms with van der Waals surface area (Å²) in [5, 5.41) is 13.9. The van der Waals surface area contributed by atoms with Crippen LogP contribution in [0.25, 0.3) is 11.1 Å². The Bertz CT molecular complexity index is 1190. The summed E-state index contributed by atoms with van der Waals surface area (Å²) >= 11 is 0. The summed E-state index contributed by atoms with van der Waals surface area (Å²) in [6.45, 7) is 10.2. The van der Waals surface area contributed by atoms with Crippen molar-refractivity contribution in [2.75, 3.05) is 39.4 Å². The molecule has 204 valence electrons. The van der Waals surface area contributed by atoms with Gasteiger partial charge in [0.1, 0.15) is 23.2 Å². The second-order valence-electron chi connectivity index (χ2n) is 10.8. The lowest BCUT2D eigenvalue weighted by atomic mass is 9.80. The van der Waals surface area contributed by atoms with Crippen LogP contribution in [-0.2, 0) is 16.2 Å². The van der Waals surface area contributed by atoms with E-state index in [0.29, 0.717) is 57.2 Å². The van der Waals surface area contributed by atoms with Crippen LogP contribution in [0, 0.1) is 11.2 Å². The molecule has 3 aliphatic rings. The summed E-state index contributed by atoms with van der Waals surface area (Å²) < 4.78 is 26.0. The van der Waals surface area contributed by atoms with Crippen molar-refractivity contribution < 1.29 is 28.6 Å². The van der Waals surface area contributed by atoms with Crippen molar-refractivity contribution in [3.05, 3.63) is 47.8 Å². The molecule has 8 nitrogen and oxygen atoms in total. The number of carboxylic acid groups (broad SMARTS) is 1. The molecule has 0 atom stereocenters. The Kier molecular flexibility index (Phi) is 7.22. The van der Waals surface area contributed by atoms with Crippen molar-refractivity contribution in [3.63, 3.8) is 0 Å². The first kappa shape index (κ1) is 26.3. The van der Waals surface area contributed by atoms with Gasteiger partial charge in [-0.3, -0.25) is 9.69 Å². The van der Waals surface area contributed by atoms with Gasteiger partial charge in [-0.05, 0) is 69.0 Å². The summed E-state index contributed by atoms with van der Waals surface area (Å²) in [5.74, 6) is 1.25. The van der Waals surface area contributed by atoms with Gasteiger partial charge in [0.05, 0.1) is 30.6 Å². The van der Waals surface area contributed by atoms with Crippen LogP contribution in [0.4, 0.5) is 4.39 Å². The van der Waals surface area contributed by atoms with Crippen LogP contribution in [0.5, 0.6) is 11.5 Å². The number of aliphatic carboxylic acids is 1. The average molecular weight is 526 g/mol. The van der Waals surface area contributed by atoms with E-state index in [1.807, 2.05) is 39.0 Å². The SMILES string of the molecule is CCOc1cc(CN2CC3(CC(N4CCC(C)(C(=O)O)CC4)=NO3)C2)cc(OCC)c1-c1cccc(F)c1. The van der Waals surface area contributed by atoms with Crippen molar-refractivity contribution in [1.82, 2.24) is 9.80 Å². The number of hydrogen-bond donors (Lipinski definition) is 1. The molecule has 0 bridgehead atoms. The zero-order valence-corrected chi connectivity index (χ0v) is 22.3. The number of carboxylic acids is 1. The number of ether oxygens (including phenoxy) is 2. The predicted octanol–water partition coefficient (Wildman–Crippen LogP) is 4.77. The van der Waals surface area contributed by atoms with E-state index in [2.05, 4.69) is 15.0 Å². The van der Waals surface area contributed by atoms with Crippen molar-refractivity contribution in [1.29, 1.82) is 0 Å². The second-order valence-corrected chi connectivity index (χ2v) is 10.8. The van der Waals surface area contributed by atoms with E-state index < -0.39 is 11.4 Å². The number of benzene rings is 2.